The van der Waals surface area contributed by atoms with Crippen molar-refractivity contribution >= 4 is 22.9 Å². The number of nitrogens with zero attached hydrogens (tertiary/aromatic N) is 2. The smallest absolute Gasteiger partial charge is 0.232 e. The molecule has 1 aromatic carbocycles. The second kappa shape index (κ2) is 7.20. The lowest BCUT2D eigenvalue weighted by Crippen LogP contribution is -2.31. The molecule has 2 aromatic heterocycles. The molecule has 3 rings (SSSR count). The fourth-order valence-corrected chi connectivity index (χ4v) is 3.15. The van der Waals surface area contributed by atoms with Crippen LogP contribution in [0.1, 0.15) is 16.0 Å². The Kier molecular flexibility index (Phi) is 4.83. The Labute approximate surface area is 140 Å². The van der Waals surface area contributed by atoms with Gasteiger partial charge >= 0.3 is 0 Å². The largest absolute Gasteiger partial charge is 0.308 e. The molecular weight excluding hydrogens is 304 g/mol. The molecule has 0 aliphatic carbocycles. The number of hydrogen-bond acceptors (Lipinski definition) is 3. The van der Waals surface area contributed by atoms with Crippen LogP contribution >= 0.6 is 11.3 Å². The molecule has 3 nitrogen and oxygen atoms in total. The monoisotopic (exact) mass is 322 g/mol. The molecule has 0 bridgehead atoms. The summed E-state index contributed by atoms with van der Waals surface area (Å²) < 4.78 is 0. The Balaban J connectivity index is 1.87. The SMILES string of the molecule is Cc1cccc(N(Cc2cccnc2)C(=O)Cc2cccs2)c1. The number of pyridine rings is 1. The number of anilines is 1. The van der Waals surface area contributed by atoms with Crippen molar-refractivity contribution in [2.24, 2.45) is 0 Å². The summed E-state index contributed by atoms with van der Waals surface area (Å²) in [7, 11) is 0. The minimum Gasteiger partial charge on any atom is -0.308 e. The fourth-order valence-electron chi connectivity index (χ4n) is 2.45. The molecule has 116 valence electrons. The van der Waals surface area contributed by atoms with E-state index in [1.165, 1.54) is 0 Å². The number of rotatable bonds is 5. The van der Waals surface area contributed by atoms with E-state index in [2.05, 4.69) is 4.98 Å². The van der Waals surface area contributed by atoms with Gasteiger partial charge in [-0.15, -0.1) is 11.3 Å². The highest BCUT2D eigenvalue weighted by molar-refractivity contribution is 7.10. The van der Waals surface area contributed by atoms with Crippen molar-refractivity contribution < 1.29 is 4.79 Å². The van der Waals surface area contributed by atoms with Gasteiger partial charge in [-0.1, -0.05) is 24.3 Å². The van der Waals surface area contributed by atoms with E-state index in [1.54, 1.807) is 23.7 Å². The zero-order valence-corrected chi connectivity index (χ0v) is 13.8. The van der Waals surface area contributed by atoms with E-state index in [0.29, 0.717) is 13.0 Å². The van der Waals surface area contributed by atoms with Crippen molar-refractivity contribution in [2.45, 2.75) is 19.9 Å². The van der Waals surface area contributed by atoms with E-state index in [9.17, 15) is 4.79 Å². The summed E-state index contributed by atoms with van der Waals surface area (Å²) in [6.07, 6.45) is 3.97. The zero-order valence-electron chi connectivity index (χ0n) is 13.0. The molecule has 0 atom stereocenters. The first-order valence-corrected chi connectivity index (χ1v) is 8.38. The molecule has 1 amide bonds. The summed E-state index contributed by atoms with van der Waals surface area (Å²) in [5.74, 6) is 0.0990. The third-order valence-corrected chi connectivity index (χ3v) is 4.46. The number of thiophene rings is 1. The molecule has 0 spiro atoms. The molecule has 3 aromatic rings. The summed E-state index contributed by atoms with van der Waals surface area (Å²) in [6, 6.07) is 15.9. The third-order valence-electron chi connectivity index (χ3n) is 3.58. The maximum atomic E-state index is 12.8. The number of carbonyl (C=O) groups excluding carboxylic acids is 1. The lowest BCUT2D eigenvalue weighted by atomic mass is 10.1. The average Bonchev–Trinajstić information content (AvgIpc) is 3.06. The lowest BCUT2D eigenvalue weighted by Gasteiger charge is -2.23. The molecule has 4 heteroatoms. The van der Waals surface area contributed by atoms with Crippen LogP contribution in [0.3, 0.4) is 0 Å². The number of aryl methyl sites for hydroxylation is 1. The van der Waals surface area contributed by atoms with Crippen molar-refractivity contribution in [3.05, 3.63) is 82.3 Å². The molecule has 0 fully saturated rings. The van der Waals surface area contributed by atoms with Crippen molar-refractivity contribution in [1.82, 2.24) is 4.98 Å². The summed E-state index contributed by atoms with van der Waals surface area (Å²) in [4.78, 5) is 19.9. The third kappa shape index (κ3) is 4.05. The minimum atomic E-state index is 0.0990. The highest BCUT2D eigenvalue weighted by Crippen LogP contribution is 2.21. The van der Waals surface area contributed by atoms with Gasteiger partial charge in [0.1, 0.15) is 0 Å². The molecule has 0 aliphatic heterocycles. The standard InChI is InChI=1S/C19H18N2OS/c1-15-5-2-7-17(11-15)21(14-16-6-3-9-20-13-16)19(22)12-18-8-4-10-23-18/h2-11,13H,12,14H2,1H3. The average molecular weight is 322 g/mol. The molecule has 0 saturated carbocycles. The van der Waals surface area contributed by atoms with Crippen LogP contribution in [0, 0.1) is 6.92 Å². The van der Waals surface area contributed by atoms with Gasteiger partial charge in [0.25, 0.3) is 0 Å². The predicted molar refractivity (Wildman–Crippen MR) is 94.6 cm³/mol. The Morgan fingerprint density at radius 1 is 1.17 bits per heavy atom. The van der Waals surface area contributed by atoms with Gasteiger partial charge in [-0.05, 0) is 47.7 Å². The van der Waals surface area contributed by atoms with Crippen LogP contribution in [0.4, 0.5) is 5.69 Å². The van der Waals surface area contributed by atoms with Crippen LogP contribution in [0.15, 0.2) is 66.3 Å². The van der Waals surface area contributed by atoms with Gasteiger partial charge in [0.15, 0.2) is 0 Å². The molecule has 2 heterocycles. The number of aromatic nitrogens is 1. The van der Waals surface area contributed by atoms with E-state index in [0.717, 1.165) is 21.7 Å². The molecule has 0 N–H and O–H groups in total. The van der Waals surface area contributed by atoms with Gasteiger partial charge in [0.2, 0.25) is 5.91 Å². The second-order valence-electron chi connectivity index (χ2n) is 5.44. The van der Waals surface area contributed by atoms with Gasteiger partial charge in [-0.3, -0.25) is 9.78 Å². The van der Waals surface area contributed by atoms with Crippen molar-refractivity contribution in [3.8, 4) is 0 Å². The number of carbonyl (C=O) groups is 1. The first kappa shape index (κ1) is 15.4. The number of hydrogen-bond donors (Lipinski definition) is 0. The summed E-state index contributed by atoms with van der Waals surface area (Å²) in [5, 5.41) is 2.00. The number of amides is 1. The quantitative estimate of drug-likeness (QED) is 0.704. The van der Waals surface area contributed by atoms with Gasteiger partial charge in [-0.25, -0.2) is 0 Å². The van der Waals surface area contributed by atoms with Crippen LogP contribution in [0.2, 0.25) is 0 Å². The minimum absolute atomic E-state index is 0.0990. The van der Waals surface area contributed by atoms with Crippen molar-refractivity contribution in [2.75, 3.05) is 4.90 Å². The van der Waals surface area contributed by atoms with Crippen LogP contribution in [-0.2, 0) is 17.8 Å². The fraction of sp³-hybridized carbons (Fsp3) is 0.158. The highest BCUT2D eigenvalue weighted by atomic mass is 32.1. The van der Waals surface area contributed by atoms with Gasteiger partial charge < -0.3 is 4.90 Å². The van der Waals surface area contributed by atoms with E-state index >= 15 is 0 Å². The molecule has 0 aliphatic rings. The van der Waals surface area contributed by atoms with Crippen LogP contribution < -0.4 is 4.90 Å². The summed E-state index contributed by atoms with van der Waals surface area (Å²) in [5.41, 5.74) is 3.09. The Morgan fingerprint density at radius 2 is 2.09 bits per heavy atom. The van der Waals surface area contributed by atoms with E-state index in [4.69, 9.17) is 0 Å². The number of benzene rings is 1. The maximum Gasteiger partial charge on any atom is 0.232 e. The molecule has 0 radical (unpaired) electrons. The van der Waals surface area contributed by atoms with Crippen LogP contribution in [0.25, 0.3) is 0 Å². The highest BCUT2D eigenvalue weighted by Gasteiger charge is 2.17. The first-order valence-electron chi connectivity index (χ1n) is 7.51. The Hall–Kier alpha value is -2.46. The first-order chi connectivity index (χ1) is 11.2. The summed E-state index contributed by atoms with van der Waals surface area (Å²) >= 11 is 1.61. The van der Waals surface area contributed by atoms with E-state index in [-0.39, 0.29) is 5.91 Å². The normalized spacial score (nSPS) is 10.5. The lowest BCUT2D eigenvalue weighted by molar-refractivity contribution is -0.118. The predicted octanol–water partition coefficient (Wildman–Crippen LogP) is 4.23. The zero-order chi connectivity index (χ0) is 16.1. The van der Waals surface area contributed by atoms with E-state index in [1.807, 2.05) is 65.7 Å². The van der Waals surface area contributed by atoms with Gasteiger partial charge in [-0.2, -0.15) is 0 Å². The summed E-state index contributed by atoms with van der Waals surface area (Å²) in [6.45, 7) is 2.57. The topological polar surface area (TPSA) is 33.2 Å². The molecular formula is C19H18N2OS. The molecule has 0 unspecified atom stereocenters. The van der Waals surface area contributed by atoms with Crippen molar-refractivity contribution in [3.63, 3.8) is 0 Å². The van der Waals surface area contributed by atoms with Gasteiger partial charge in [0.05, 0.1) is 13.0 Å². The molecule has 0 saturated heterocycles. The van der Waals surface area contributed by atoms with Crippen LogP contribution in [-0.4, -0.2) is 10.9 Å². The Morgan fingerprint density at radius 3 is 2.78 bits per heavy atom. The van der Waals surface area contributed by atoms with Crippen LogP contribution in [0.5, 0.6) is 0 Å². The maximum absolute atomic E-state index is 12.8. The van der Waals surface area contributed by atoms with E-state index < -0.39 is 0 Å². The second-order valence-corrected chi connectivity index (χ2v) is 6.47. The Bertz CT molecular complexity index is 769. The van der Waals surface area contributed by atoms with Crippen molar-refractivity contribution in [1.29, 1.82) is 0 Å². The molecule has 23 heavy (non-hydrogen) atoms. The van der Waals surface area contributed by atoms with Gasteiger partial charge in [0, 0.05) is 23.0 Å².